The van der Waals surface area contributed by atoms with Gasteiger partial charge in [0.05, 0.1) is 5.75 Å². The third-order valence-electron chi connectivity index (χ3n) is 3.71. The summed E-state index contributed by atoms with van der Waals surface area (Å²) in [5.41, 5.74) is 1.52. The van der Waals surface area contributed by atoms with Gasteiger partial charge in [-0.05, 0) is 37.8 Å². The van der Waals surface area contributed by atoms with Gasteiger partial charge in [-0.1, -0.05) is 39.3 Å². The van der Waals surface area contributed by atoms with Crippen LogP contribution in [0.1, 0.15) is 47.0 Å². The monoisotopic (exact) mass is 302 g/mol. The topological polar surface area (TPSA) is 49.4 Å². The first-order valence-electron chi connectivity index (χ1n) is 7.65. The Morgan fingerprint density at radius 2 is 2.00 bits per heavy atom. The molecule has 1 heterocycles. The molecule has 0 saturated carbocycles. The molecule has 1 aliphatic heterocycles. The van der Waals surface area contributed by atoms with Crippen LogP contribution in [0.25, 0.3) is 0 Å². The van der Waals surface area contributed by atoms with E-state index >= 15 is 0 Å². The van der Waals surface area contributed by atoms with Gasteiger partial charge in [-0.3, -0.25) is 0 Å². The molecule has 0 bridgehead atoms. The summed E-state index contributed by atoms with van der Waals surface area (Å²) in [5.74, 6) is 0.252. The van der Waals surface area contributed by atoms with E-state index in [1.807, 2.05) is 0 Å². The Morgan fingerprint density at radius 3 is 2.50 bits per heavy atom. The number of hydrogen-bond acceptors (Lipinski definition) is 3. The lowest BCUT2D eigenvalue weighted by atomic mass is 9.83. The van der Waals surface area contributed by atoms with Crippen molar-refractivity contribution in [1.82, 2.24) is 9.62 Å². The van der Waals surface area contributed by atoms with Crippen LogP contribution in [0.5, 0.6) is 0 Å². The molecular formula is C15H30N2O2S. The molecule has 0 radical (unpaired) electrons. The van der Waals surface area contributed by atoms with Gasteiger partial charge in [-0.25, -0.2) is 8.42 Å². The quantitative estimate of drug-likeness (QED) is 0.580. The van der Waals surface area contributed by atoms with Crippen molar-refractivity contribution in [3.63, 3.8) is 0 Å². The van der Waals surface area contributed by atoms with Gasteiger partial charge in [0.25, 0.3) is 0 Å². The number of nitrogens with one attached hydrogen (secondary N) is 1. The van der Waals surface area contributed by atoms with Crippen molar-refractivity contribution in [1.29, 1.82) is 0 Å². The zero-order valence-corrected chi connectivity index (χ0v) is 14.2. The van der Waals surface area contributed by atoms with E-state index in [1.165, 1.54) is 5.57 Å². The summed E-state index contributed by atoms with van der Waals surface area (Å²) >= 11 is 0. The van der Waals surface area contributed by atoms with E-state index in [2.05, 4.69) is 39.1 Å². The number of sulfonamides is 1. The minimum absolute atomic E-state index is 0.153. The molecular weight excluding hydrogens is 272 g/mol. The van der Waals surface area contributed by atoms with E-state index in [0.717, 1.165) is 25.9 Å². The molecule has 0 aliphatic carbocycles. The number of rotatable bonds is 7. The lowest BCUT2D eigenvalue weighted by Crippen LogP contribution is -2.38. The summed E-state index contributed by atoms with van der Waals surface area (Å²) in [7, 11) is -3.09. The van der Waals surface area contributed by atoms with Crippen molar-refractivity contribution < 1.29 is 8.42 Å². The SMILES string of the molecule is CCCNCCCS(=O)(=O)N1CC=C(C(C)(C)C)CC1. The van der Waals surface area contributed by atoms with Crippen molar-refractivity contribution in [2.24, 2.45) is 5.41 Å². The highest BCUT2D eigenvalue weighted by Crippen LogP contribution is 2.30. The van der Waals surface area contributed by atoms with E-state index in [1.54, 1.807) is 4.31 Å². The van der Waals surface area contributed by atoms with Crippen molar-refractivity contribution in [3.05, 3.63) is 11.6 Å². The zero-order chi connectivity index (χ0) is 15.2. The standard InChI is InChI=1S/C15H30N2O2S/c1-5-9-16-10-6-13-20(18,19)17-11-7-14(8-12-17)15(2,3)4/h7,16H,5-6,8-13H2,1-4H3. The molecule has 1 rings (SSSR count). The molecule has 0 unspecified atom stereocenters. The first-order chi connectivity index (χ1) is 9.27. The fraction of sp³-hybridized carbons (Fsp3) is 0.867. The van der Waals surface area contributed by atoms with Crippen LogP contribution in [-0.4, -0.2) is 44.7 Å². The lowest BCUT2D eigenvalue weighted by Gasteiger charge is -2.31. The third-order valence-corrected chi connectivity index (χ3v) is 5.63. The molecule has 5 heteroatoms. The second kappa shape index (κ2) is 7.57. The molecule has 1 N–H and O–H groups in total. The van der Waals surface area contributed by atoms with Gasteiger partial charge < -0.3 is 5.32 Å². The van der Waals surface area contributed by atoms with E-state index in [0.29, 0.717) is 19.5 Å². The van der Waals surface area contributed by atoms with Crippen molar-refractivity contribution in [2.45, 2.75) is 47.0 Å². The Balaban J connectivity index is 2.45. The average Bonchev–Trinajstić information content (AvgIpc) is 2.37. The van der Waals surface area contributed by atoms with Gasteiger partial charge in [0.1, 0.15) is 0 Å². The van der Waals surface area contributed by atoms with Crippen molar-refractivity contribution >= 4 is 10.0 Å². The molecule has 0 atom stereocenters. The minimum atomic E-state index is -3.09. The van der Waals surface area contributed by atoms with Crippen LogP contribution in [0.3, 0.4) is 0 Å². The second-order valence-electron chi connectivity index (χ2n) is 6.51. The second-order valence-corrected chi connectivity index (χ2v) is 8.60. The average molecular weight is 302 g/mol. The maximum atomic E-state index is 12.2. The molecule has 0 amide bonds. The molecule has 0 aromatic carbocycles. The van der Waals surface area contributed by atoms with Gasteiger partial charge in [0.15, 0.2) is 0 Å². The number of nitrogens with zero attached hydrogens (tertiary/aromatic N) is 1. The Morgan fingerprint density at radius 1 is 1.30 bits per heavy atom. The minimum Gasteiger partial charge on any atom is -0.317 e. The summed E-state index contributed by atoms with van der Waals surface area (Å²) in [6.45, 7) is 11.6. The Kier molecular flexibility index (Phi) is 6.69. The van der Waals surface area contributed by atoms with Crippen LogP contribution >= 0.6 is 0 Å². The van der Waals surface area contributed by atoms with E-state index in [4.69, 9.17) is 0 Å². The Hall–Kier alpha value is -0.390. The highest BCUT2D eigenvalue weighted by molar-refractivity contribution is 7.89. The largest absolute Gasteiger partial charge is 0.317 e. The van der Waals surface area contributed by atoms with Gasteiger partial charge >= 0.3 is 0 Å². The van der Waals surface area contributed by atoms with Crippen molar-refractivity contribution in [2.75, 3.05) is 31.9 Å². The van der Waals surface area contributed by atoms with Crippen LogP contribution in [0.15, 0.2) is 11.6 Å². The summed E-state index contributed by atoms with van der Waals surface area (Å²) in [6, 6.07) is 0. The van der Waals surface area contributed by atoms with Crippen LogP contribution in [0.4, 0.5) is 0 Å². The maximum absolute atomic E-state index is 12.2. The van der Waals surface area contributed by atoms with Crippen LogP contribution in [0, 0.1) is 5.41 Å². The molecule has 0 saturated heterocycles. The Labute approximate surface area is 124 Å². The lowest BCUT2D eigenvalue weighted by molar-refractivity contribution is 0.389. The molecule has 20 heavy (non-hydrogen) atoms. The fourth-order valence-corrected chi connectivity index (χ4v) is 3.83. The molecule has 1 aliphatic rings. The highest BCUT2D eigenvalue weighted by atomic mass is 32.2. The highest BCUT2D eigenvalue weighted by Gasteiger charge is 2.27. The maximum Gasteiger partial charge on any atom is 0.214 e. The summed E-state index contributed by atoms with van der Waals surface area (Å²) in [6.07, 6.45) is 4.72. The van der Waals surface area contributed by atoms with Crippen molar-refractivity contribution in [3.8, 4) is 0 Å². The van der Waals surface area contributed by atoms with E-state index < -0.39 is 10.0 Å². The molecule has 0 aromatic heterocycles. The third kappa shape index (κ3) is 5.54. The van der Waals surface area contributed by atoms with Crippen LogP contribution < -0.4 is 5.32 Å². The zero-order valence-electron chi connectivity index (χ0n) is 13.4. The fourth-order valence-electron chi connectivity index (χ4n) is 2.39. The smallest absolute Gasteiger partial charge is 0.214 e. The number of hydrogen-bond donors (Lipinski definition) is 1. The van der Waals surface area contributed by atoms with Gasteiger partial charge in [-0.2, -0.15) is 4.31 Å². The first kappa shape index (κ1) is 17.7. The van der Waals surface area contributed by atoms with E-state index in [9.17, 15) is 8.42 Å². The summed E-state index contributed by atoms with van der Waals surface area (Å²) < 4.78 is 26.1. The first-order valence-corrected chi connectivity index (χ1v) is 9.26. The normalized spacial score (nSPS) is 18.1. The predicted octanol–water partition coefficient (Wildman–Crippen LogP) is 2.38. The summed E-state index contributed by atoms with van der Waals surface area (Å²) in [5, 5.41) is 3.24. The molecule has 0 aromatic rings. The molecule has 0 spiro atoms. The van der Waals surface area contributed by atoms with Crippen LogP contribution in [-0.2, 0) is 10.0 Å². The molecule has 4 nitrogen and oxygen atoms in total. The molecule has 118 valence electrons. The van der Waals surface area contributed by atoms with Crippen LogP contribution in [0.2, 0.25) is 0 Å². The van der Waals surface area contributed by atoms with Gasteiger partial charge in [0.2, 0.25) is 10.0 Å². The predicted molar refractivity (Wildman–Crippen MR) is 85.3 cm³/mol. The molecule has 0 fully saturated rings. The Bertz CT molecular complexity index is 422. The van der Waals surface area contributed by atoms with Gasteiger partial charge in [-0.15, -0.1) is 0 Å². The van der Waals surface area contributed by atoms with Gasteiger partial charge in [0, 0.05) is 13.1 Å². The van der Waals surface area contributed by atoms with E-state index in [-0.39, 0.29) is 11.2 Å². The summed E-state index contributed by atoms with van der Waals surface area (Å²) in [4.78, 5) is 0.